The van der Waals surface area contributed by atoms with Gasteiger partial charge in [0.15, 0.2) is 0 Å². The zero-order chi connectivity index (χ0) is 21.2. The molecule has 0 radical (unpaired) electrons. The Balaban J connectivity index is 1.33. The quantitative estimate of drug-likeness (QED) is 0.311. The first-order valence-electron chi connectivity index (χ1n) is 10.2. The van der Waals surface area contributed by atoms with E-state index in [1.54, 1.807) is 6.07 Å². The van der Waals surface area contributed by atoms with Crippen LogP contribution in [0.25, 0.3) is 32.6 Å². The van der Waals surface area contributed by atoms with Crippen LogP contribution >= 0.6 is 0 Å². The summed E-state index contributed by atoms with van der Waals surface area (Å²) in [6.07, 6.45) is 1.79. The molecule has 2 N–H and O–H groups in total. The summed E-state index contributed by atoms with van der Waals surface area (Å²) in [5.74, 6) is -0.0557. The third kappa shape index (κ3) is 3.51. The van der Waals surface area contributed by atoms with E-state index in [1.807, 2.05) is 54.6 Å². The number of aromatic hydroxyl groups is 1. The Morgan fingerprint density at radius 2 is 1.45 bits per heavy atom. The van der Waals surface area contributed by atoms with Gasteiger partial charge in [0.25, 0.3) is 0 Å². The van der Waals surface area contributed by atoms with Crippen LogP contribution in [-0.4, -0.2) is 21.8 Å². The van der Waals surface area contributed by atoms with E-state index in [0.717, 1.165) is 21.8 Å². The maximum atomic E-state index is 12.4. The van der Waals surface area contributed by atoms with Crippen LogP contribution in [0.4, 0.5) is 0 Å². The van der Waals surface area contributed by atoms with Crippen LogP contribution < -0.4 is 5.43 Å². The van der Waals surface area contributed by atoms with Gasteiger partial charge >= 0.3 is 0 Å². The molecule has 0 aliphatic heterocycles. The third-order valence-corrected chi connectivity index (χ3v) is 5.57. The Kier molecular flexibility index (Phi) is 4.84. The third-order valence-electron chi connectivity index (χ3n) is 5.57. The van der Waals surface area contributed by atoms with Crippen molar-refractivity contribution in [1.29, 1.82) is 0 Å². The molecule has 0 saturated heterocycles. The number of hydrazone groups is 1. The molecule has 1 heterocycles. The Hall–Kier alpha value is -4.12. The van der Waals surface area contributed by atoms with E-state index >= 15 is 0 Å². The molecule has 0 saturated carbocycles. The predicted molar refractivity (Wildman–Crippen MR) is 125 cm³/mol. The number of aryl methyl sites for hydroxylation is 1. The number of hydrogen-bond acceptors (Lipinski definition) is 3. The highest BCUT2D eigenvalue weighted by atomic mass is 16.3. The molecule has 0 spiro atoms. The zero-order valence-corrected chi connectivity index (χ0v) is 16.8. The highest BCUT2D eigenvalue weighted by Gasteiger charge is 2.11. The van der Waals surface area contributed by atoms with Gasteiger partial charge in [-0.05, 0) is 29.0 Å². The molecule has 5 rings (SSSR count). The number of rotatable bonds is 5. The van der Waals surface area contributed by atoms with Gasteiger partial charge in [0.05, 0.1) is 6.21 Å². The zero-order valence-electron chi connectivity index (χ0n) is 16.8. The van der Waals surface area contributed by atoms with Crippen molar-refractivity contribution in [2.24, 2.45) is 5.10 Å². The van der Waals surface area contributed by atoms with E-state index < -0.39 is 0 Å². The molecule has 1 amide bonds. The number of hydrogen-bond donors (Lipinski definition) is 2. The largest absolute Gasteiger partial charge is 0.507 e. The number of phenolic OH excluding ortho intramolecular Hbond substituents is 1. The fraction of sp³-hybridized carbons (Fsp3) is 0.0769. The summed E-state index contributed by atoms with van der Waals surface area (Å²) in [6.45, 7) is 0.550. The van der Waals surface area contributed by atoms with Crippen LogP contribution in [0.3, 0.4) is 0 Å². The summed E-state index contributed by atoms with van der Waals surface area (Å²) >= 11 is 0. The van der Waals surface area contributed by atoms with Gasteiger partial charge in [-0.15, -0.1) is 0 Å². The van der Waals surface area contributed by atoms with Crippen LogP contribution in [0, 0.1) is 0 Å². The van der Waals surface area contributed by atoms with Crippen molar-refractivity contribution >= 4 is 44.7 Å². The average Bonchev–Trinajstić information content (AvgIpc) is 3.13. The first kappa shape index (κ1) is 18.9. The van der Waals surface area contributed by atoms with Crippen molar-refractivity contribution in [1.82, 2.24) is 9.99 Å². The lowest BCUT2D eigenvalue weighted by Gasteiger charge is -2.07. The van der Waals surface area contributed by atoms with Gasteiger partial charge in [0, 0.05) is 40.3 Å². The van der Waals surface area contributed by atoms with Gasteiger partial charge in [-0.1, -0.05) is 66.7 Å². The number of phenols is 1. The SMILES string of the molecule is O=C(CCn1c2ccccc2c2ccccc21)N/N=C/c1c(O)ccc2ccccc12. The molecular formula is C26H21N3O2. The van der Waals surface area contributed by atoms with E-state index in [4.69, 9.17) is 0 Å². The molecule has 1 aromatic heterocycles. The number of carbonyl (C=O) groups is 1. The molecule has 5 heteroatoms. The molecule has 152 valence electrons. The lowest BCUT2D eigenvalue weighted by atomic mass is 10.0. The smallest absolute Gasteiger partial charge is 0.241 e. The Morgan fingerprint density at radius 1 is 0.839 bits per heavy atom. The molecule has 0 aliphatic rings. The van der Waals surface area contributed by atoms with Gasteiger partial charge < -0.3 is 9.67 Å². The van der Waals surface area contributed by atoms with Crippen molar-refractivity contribution < 1.29 is 9.90 Å². The predicted octanol–water partition coefficient (Wildman–Crippen LogP) is 5.19. The molecule has 0 bridgehead atoms. The highest BCUT2D eigenvalue weighted by Crippen LogP contribution is 2.29. The number of amides is 1. The molecule has 5 aromatic rings. The van der Waals surface area contributed by atoms with E-state index in [9.17, 15) is 9.90 Å². The van der Waals surface area contributed by atoms with Crippen molar-refractivity contribution in [2.45, 2.75) is 13.0 Å². The average molecular weight is 407 g/mol. The van der Waals surface area contributed by atoms with E-state index in [-0.39, 0.29) is 11.7 Å². The second-order valence-electron chi connectivity index (χ2n) is 7.45. The van der Waals surface area contributed by atoms with Crippen LogP contribution in [-0.2, 0) is 11.3 Å². The van der Waals surface area contributed by atoms with E-state index in [1.165, 1.54) is 17.0 Å². The summed E-state index contributed by atoms with van der Waals surface area (Å²) in [4.78, 5) is 12.4. The van der Waals surface area contributed by atoms with Crippen LogP contribution in [0.5, 0.6) is 5.75 Å². The topological polar surface area (TPSA) is 66.6 Å². The van der Waals surface area contributed by atoms with Gasteiger partial charge in [-0.3, -0.25) is 4.79 Å². The standard InChI is InChI=1S/C26H21N3O2/c30-25-14-13-18-7-1-2-8-19(18)22(25)17-27-28-26(31)15-16-29-23-11-5-3-9-20(23)21-10-4-6-12-24(21)29/h1-14,17,30H,15-16H2,(H,28,31)/b27-17+. The maximum Gasteiger partial charge on any atom is 0.241 e. The minimum atomic E-state index is -0.183. The monoisotopic (exact) mass is 407 g/mol. The number of para-hydroxylation sites is 2. The number of nitrogens with one attached hydrogen (secondary N) is 1. The number of benzene rings is 4. The Labute approximate surface area is 179 Å². The van der Waals surface area contributed by atoms with Crippen molar-refractivity contribution in [3.63, 3.8) is 0 Å². The number of aromatic nitrogens is 1. The van der Waals surface area contributed by atoms with Crippen molar-refractivity contribution in [3.05, 3.63) is 90.5 Å². The number of carbonyl (C=O) groups excluding carboxylic acids is 1. The molecule has 4 aromatic carbocycles. The van der Waals surface area contributed by atoms with Crippen LogP contribution in [0.2, 0.25) is 0 Å². The lowest BCUT2D eigenvalue weighted by Crippen LogP contribution is -2.19. The molecule has 0 aliphatic carbocycles. The fourth-order valence-corrected chi connectivity index (χ4v) is 4.10. The molecule has 5 nitrogen and oxygen atoms in total. The van der Waals surface area contributed by atoms with Gasteiger partial charge in [0.1, 0.15) is 5.75 Å². The van der Waals surface area contributed by atoms with Gasteiger partial charge in [-0.25, -0.2) is 5.43 Å². The van der Waals surface area contributed by atoms with Gasteiger partial charge in [-0.2, -0.15) is 5.10 Å². The summed E-state index contributed by atoms with van der Waals surface area (Å²) in [6, 6.07) is 27.7. The summed E-state index contributed by atoms with van der Waals surface area (Å²) in [7, 11) is 0. The van der Waals surface area contributed by atoms with E-state index in [0.29, 0.717) is 18.5 Å². The summed E-state index contributed by atoms with van der Waals surface area (Å²) < 4.78 is 2.17. The molecule has 0 unspecified atom stereocenters. The normalized spacial score (nSPS) is 11.6. The first-order valence-corrected chi connectivity index (χ1v) is 10.2. The number of nitrogens with zero attached hydrogens (tertiary/aromatic N) is 2. The number of fused-ring (bicyclic) bond motifs is 4. The minimum Gasteiger partial charge on any atom is -0.507 e. The summed E-state index contributed by atoms with van der Waals surface area (Å²) in [5, 5.41) is 18.5. The molecule has 0 atom stereocenters. The van der Waals surface area contributed by atoms with Crippen LogP contribution in [0.15, 0.2) is 90.0 Å². The summed E-state index contributed by atoms with van der Waals surface area (Å²) in [5.41, 5.74) is 5.40. The fourth-order valence-electron chi connectivity index (χ4n) is 4.10. The second-order valence-corrected chi connectivity index (χ2v) is 7.45. The van der Waals surface area contributed by atoms with Crippen molar-refractivity contribution in [2.75, 3.05) is 0 Å². The minimum absolute atomic E-state index is 0.127. The van der Waals surface area contributed by atoms with Crippen LogP contribution in [0.1, 0.15) is 12.0 Å². The highest BCUT2D eigenvalue weighted by molar-refractivity contribution is 6.08. The molecular weight excluding hydrogens is 386 g/mol. The Morgan fingerprint density at radius 3 is 2.16 bits per heavy atom. The lowest BCUT2D eigenvalue weighted by molar-refractivity contribution is -0.121. The Bertz CT molecular complexity index is 1400. The van der Waals surface area contributed by atoms with Gasteiger partial charge in [0.2, 0.25) is 5.91 Å². The maximum absolute atomic E-state index is 12.4. The molecule has 0 fully saturated rings. The van der Waals surface area contributed by atoms with E-state index in [2.05, 4.69) is 39.4 Å². The van der Waals surface area contributed by atoms with Crippen molar-refractivity contribution in [3.8, 4) is 5.75 Å². The molecule has 31 heavy (non-hydrogen) atoms. The first-order chi connectivity index (χ1) is 15.2. The second kappa shape index (κ2) is 7.95.